The van der Waals surface area contributed by atoms with Gasteiger partial charge in [-0.15, -0.1) is 0 Å². The van der Waals surface area contributed by atoms with Gasteiger partial charge in [0.2, 0.25) is 0 Å². The molecule has 1 aromatic rings. The predicted octanol–water partition coefficient (Wildman–Crippen LogP) is 2.72. The molecular weight excluding hydrogens is 242 g/mol. The third-order valence-electron chi connectivity index (χ3n) is 3.80. The lowest BCUT2D eigenvalue weighted by Crippen LogP contribution is -2.21. The first-order valence-electron chi connectivity index (χ1n) is 6.65. The highest BCUT2D eigenvalue weighted by Crippen LogP contribution is 2.38. The molecule has 0 spiro atoms. The smallest absolute Gasteiger partial charge is 0.292 e. The first-order valence-corrected chi connectivity index (χ1v) is 6.65. The number of rotatable bonds is 6. The number of hydrogen-bond acceptors (Lipinski definition) is 4. The Morgan fingerprint density at radius 2 is 2.21 bits per heavy atom. The molecule has 19 heavy (non-hydrogen) atoms. The van der Waals surface area contributed by atoms with Crippen LogP contribution in [0.25, 0.3) is 0 Å². The molecule has 2 atom stereocenters. The Balaban J connectivity index is 2.03. The van der Waals surface area contributed by atoms with Crippen molar-refractivity contribution < 1.29 is 4.92 Å². The minimum absolute atomic E-state index is 0.146. The topological polar surface area (TPSA) is 58.4 Å². The van der Waals surface area contributed by atoms with Crippen molar-refractivity contribution in [3.8, 4) is 0 Å². The van der Waals surface area contributed by atoms with Crippen LogP contribution in [0.15, 0.2) is 18.2 Å². The van der Waals surface area contributed by atoms with E-state index in [0.29, 0.717) is 5.69 Å². The van der Waals surface area contributed by atoms with E-state index in [0.717, 1.165) is 30.5 Å². The molecule has 1 aliphatic carbocycles. The standard InChI is InChI=1S/C14H21N3O2/c1-10-6-12(10)9-16(3)8-11-4-5-13(15-2)14(7-11)17(18)19/h4-5,7,10,12,15H,6,8-9H2,1-3H3. The molecule has 1 N–H and O–H groups in total. The SMILES string of the molecule is CNc1ccc(CN(C)CC2CC2C)cc1[N+](=O)[O-]. The van der Waals surface area contributed by atoms with Crippen LogP contribution in [0.3, 0.4) is 0 Å². The summed E-state index contributed by atoms with van der Waals surface area (Å²) in [5, 5.41) is 13.9. The lowest BCUT2D eigenvalue weighted by molar-refractivity contribution is -0.384. The molecule has 2 rings (SSSR count). The minimum Gasteiger partial charge on any atom is -0.383 e. The van der Waals surface area contributed by atoms with E-state index in [4.69, 9.17) is 0 Å². The Labute approximate surface area is 113 Å². The lowest BCUT2D eigenvalue weighted by atomic mass is 10.1. The van der Waals surface area contributed by atoms with Crippen LogP contribution >= 0.6 is 0 Å². The zero-order chi connectivity index (χ0) is 14.0. The molecule has 1 aliphatic rings. The number of nitrogens with zero attached hydrogens (tertiary/aromatic N) is 2. The minimum atomic E-state index is -0.335. The molecule has 104 valence electrons. The van der Waals surface area contributed by atoms with E-state index < -0.39 is 0 Å². The molecule has 5 nitrogen and oxygen atoms in total. The summed E-state index contributed by atoms with van der Waals surface area (Å²) in [7, 11) is 3.77. The fraction of sp³-hybridized carbons (Fsp3) is 0.571. The quantitative estimate of drug-likeness (QED) is 0.633. The third-order valence-corrected chi connectivity index (χ3v) is 3.80. The maximum atomic E-state index is 11.0. The number of nitrogens with one attached hydrogen (secondary N) is 1. The van der Waals surface area contributed by atoms with Crippen LogP contribution in [0.1, 0.15) is 18.9 Å². The van der Waals surface area contributed by atoms with Crippen molar-refractivity contribution in [2.75, 3.05) is 26.0 Å². The van der Waals surface area contributed by atoms with Crippen LogP contribution in [-0.2, 0) is 6.54 Å². The van der Waals surface area contributed by atoms with Gasteiger partial charge in [0.25, 0.3) is 5.69 Å². The molecule has 0 aromatic heterocycles. The van der Waals surface area contributed by atoms with Gasteiger partial charge in [-0.05, 0) is 36.9 Å². The number of nitro groups is 1. The van der Waals surface area contributed by atoms with Gasteiger partial charge in [-0.25, -0.2) is 0 Å². The van der Waals surface area contributed by atoms with Gasteiger partial charge in [0.05, 0.1) is 4.92 Å². The normalized spacial score (nSPS) is 21.5. The highest BCUT2D eigenvalue weighted by Gasteiger charge is 2.33. The van der Waals surface area contributed by atoms with Crippen molar-refractivity contribution in [3.05, 3.63) is 33.9 Å². The van der Waals surface area contributed by atoms with E-state index in [9.17, 15) is 10.1 Å². The number of nitro benzene ring substituents is 1. The summed E-state index contributed by atoms with van der Waals surface area (Å²) >= 11 is 0. The first-order chi connectivity index (χ1) is 9.01. The molecule has 5 heteroatoms. The maximum Gasteiger partial charge on any atom is 0.292 e. The summed E-state index contributed by atoms with van der Waals surface area (Å²) in [6.45, 7) is 4.10. The second-order valence-corrected chi connectivity index (χ2v) is 5.53. The Morgan fingerprint density at radius 1 is 1.53 bits per heavy atom. The fourth-order valence-electron chi connectivity index (χ4n) is 2.47. The van der Waals surface area contributed by atoms with Crippen molar-refractivity contribution in [2.24, 2.45) is 11.8 Å². The summed E-state index contributed by atoms with van der Waals surface area (Å²) in [5.41, 5.74) is 1.70. The van der Waals surface area contributed by atoms with Crippen molar-refractivity contribution >= 4 is 11.4 Å². The van der Waals surface area contributed by atoms with Crippen molar-refractivity contribution in [1.82, 2.24) is 4.90 Å². The molecule has 0 aliphatic heterocycles. The molecule has 0 heterocycles. The largest absolute Gasteiger partial charge is 0.383 e. The van der Waals surface area contributed by atoms with Gasteiger partial charge in [0.15, 0.2) is 0 Å². The number of benzene rings is 1. The van der Waals surface area contributed by atoms with Gasteiger partial charge < -0.3 is 10.2 Å². The van der Waals surface area contributed by atoms with Crippen LogP contribution in [0.5, 0.6) is 0 Å². The molecule has 0 amide bonds. The van der Waals surface area contributed by atoms with E-state index in [1.165, 1.54) is 6.42 Å². The van der Waals surface area contributed by atoms with Gasteiger partial charge in [-0.3, -0.25) is 10.1 Å². The predicted molar refractivity (Wildman–Crippen MR) is 76.2 cm³/mol. The second kappa shape index (κ2) is 5.57. The van der Waals surface area contributed by atoms with Gasteiger partial charge in [-0.1, -0.05) is 13.0 Å². The van der Waals surface area contributed by atoms with Crippen LogP contribution in [-0.4, -0.2) is 30.5 Å². The molecule has 2 unspecified atom stereocenters. The van der Waals surface area contributed by atoms with E-state index in [1.807, 2.05) is 6.07 Å². The Morgan fingerprint density at radius 3 is 2.74 bits per heavy atom. The summed E-state index contributed by atoms with van der Waals surface area (Å²) in [5.74, 6) is 1.64. The lowest BCUT2D eigenvalue weighted by Gasteiger charge is -2.16. The van der Waals surface area contributed by atoms with Gasteiger partial charge in [-0.2, -0.15) is 0 Å². The number of hydrogen-bond donors (Lipinski definition) is 1. The zero-order valence-corrected chi connectivity index (χ0v) is 11.7. The summed E-state index contributed by atoms with van der Waals surface area (Å²) in [6, 6.07) is 5.39. The molecule has 0 bridgehead atoms. The summed E-state index contributed by atoms with van der Waals surface area (Å²) in [4.78, 5) is 12.9. The van der Waals surface area contributed by atoms with Crippen molar-refractivity contribution in [1.29, 1.82) is 0 Å². The maximum absolute atomic E-state index is 11.0. The van der Waals surface area contributed by atoms with Crippen LogP contribution in [0.4, 0.5) is 11.4 Å². The van der Waals surface area contributed by atoms with Crippen LogP contribution < -0.4 is 5.32 Å². The summed E-state index contributed by atoms with van der Waals surface area (Å²) in [6.07, 6.45) is 1.31. The Hall–Kier alpha value is -1.62. The molecule has 0 radical (unpaired) electrons. The van der Waals surface area contributed by atoms with Crippen molar-refractivity contribution in [2.45, 2.75) is 19.9 Å². The van der Waals surface area contributed by atoms with E-state index >= 15 is 0 Å². The summed E-state index contributed by atoms with van der Waals surface area (Å²) < 4.78 is 0. The monoisotopic (exact) mass is 263 g/mol. The van der Waals surface area contributed by atoms with E-state index in [-0.39, 0.29) is 10.6 Å². The number of anilines is 1. The van der Waals surface area contributed by atoms with Gasteiger partial charge >= 0.3 is 0 Å². The average Bonchev–Trinajstić information content (AvgIpc) is 3.04. The molecule has 1 aromatic carbocycles. The molecular formula is C14H21N3O2. The Kier molecular flexibility index (Phi) is 4.04. The molecule has 1 fully saturated rings. The third kappa shape index (κ3) is 3.44. The molecule has 1 saturated carbocycles. The average molecular weight is 263 g/mol. The van der Waals surface area contributed by atoms with Crippen LogP contribution in [0.2, 0.25) is 0 Å². The highest BCUT2D eigenvalue weighted by atomic mass is 16.6. The Bertz CT molecular complexity index is 476. The molecule has 0 saturated heterocycles. The van der Waals surface area contributed by atoms with E-state index in [2.05, 4.69) is 24.2 Å². The fourth-order valence-corrected chi connectivity index (χ4v) is 2.47. The van der Waals surface area contributed by atoms with Crippen LogP contribution in [0, 0.1) is 22.0 Å². The second-order valence-electron chi connectivity index (χ2n) is 5.53. The first kappa shape index (κ1) is 13.8. The zero-order valence-electron chi connectivity index (χ0n) is 11.7. The van der Waals surface area contributed by atoms with Crippen molar-refractivity contribution in [3.63, 3.8) is 0 Å². The van der Waals surface area contributed by atoms with Gasteiger partial charge in [0.1, 0.15) is 5.69 Å². The van der Waals surface area contributed by atoms with Gasteiger partial charge in [0, 0.05) is 26.2 Å². The highest BCUT2D eigenvalue weighted by molar-refractivity contribution is 5.62. The van der Waals surface area contributed by atoms with E-state index in [1.54, 1.807) is 19.2 Å².